The van der Waals surface area contributed by atoms with Gasteiger partial charge in [0, 0.05) is 23.5 Å². The highest BCUT2D eigenvalue weighted by molar-refractivity contribution is 5.95. The monoisotopic (exact) mass is 484 g/mol. The second-order valence-corrected chi connectivity index (χ2v) is 8.83. The maximum absolute atomic E-state index is 12.8. The van der Waals surface area contributed by atoms with E-state index in [9.17, 15) is 4.79 Å². The van der Waals surface area contributed by atoms with Crippen LogP contribution >= 0.6 is 0 Å². The van der Waals surface area contributed by atoms with Crippen molar-refractivity contribution in [2.75, 3.05) is 19.0 Å². The lowest BCUT2D eigenvalue weighted by molar-refractivity contribution is -0.116. The number of anilines is 1. The molecule has 1 N–H and O–H groups in total. The molecular weight excluding hydrogens is 456 g/mol. The first-order valence-electron chi connectivity index (χ1n) is 12.0. The van der Waals surface area contributed by atoms with Crippen LogP contribution < -0.4 is 14.8 Å². The lowest BCUT2D eigenvalue weighted by Gasteiger charge is -2.25. The number of nitrogens with one attached hydrogen (secondary N) is 1. The molecule has 0 saturated carbocycles. The van der Waals surface area contributed by atoms with Crippen molar-refractivity contribution in [3.63, 3.8) is 0 Å². The summed E-state index contributed by atoms with van der Waals surface area (Å²) in [5.41, 5.74) is 5.42. The Kier molecular flexibility index (Phi) is 6.37. The predicted molar refractivity (Wildman–Crippen MR) is 136 cm³/mol. The van der Waals surface area contributed by atoms with Crippen molar-refractivity contribution in [3.8, 4) is 28.7 Å². The third kappa shape index (κ3) is 4.39. The molecular formula is C27H28N6O3. The minimum atomic E-state index is -0.203. The molecule has 0 fully saturated rings. The molecule has 0 spiro atoms. The van der Waals surface area contributed by atoms with Gasteiger partial charge in [-0.1, -0.05) is 42.8 Å². The fourth-order valence-corrected chi connectivity index (χ4v) is 4.46. The van der Waals surface area contributed by atoms with Gasteiger partial charge in [-0.3, -0.25) is 4.79 Å². The number of carbonyl (C=O) groups is 1. The van der Waals surface area contributed by atoms with Crippen LogP contribution in [-0.2, 0) is 4.79 Å². The summed E-state index contributed by atoms with van der Waals surface area (Å²) in [6, 6.07) is 13.8. The van der Waals surface area contributed by atoms with E-state index in [1.54, 1.807) is 18.0 Å². The quantitative estimate of drug-likeness (QED) is 0.408. The molecule has 3 heterocycles. The van der Waals surface area contributed by atoms with Crippen LogP contribution in [-0.4, -0.2) is 44.6 Å². The van der Waals surface area contributed by atoms with Crippen LogP contribution in [0.15, 0.2) is 48.7 Å². The average Bonchev–Trinajstić information content (AvgIpc) is 3.23. The highest BCUT2D eigenvalue weighted by atomic mass is 16.5. The smallest absolute Gasteiger partial charge is 0.272 e. The van der Waals surface area contributed by atoms with E-state index in [1.165, 1.54) is 0 Å². The Balaban J connectivity index is 1.57. The third-order valence-electron chi connectivity index (χ3n) is 6.24. The van der Waals surface area contributed by atoms with Gasteiger partial charge in [0.05, 0.1) is 31.3 Å². The molecule has 2 aromatic heterocycles. The Bertz CT molecular complexity index is 1410. The van der Waals surface area contributed by atoms with Crippen LogP contribution in [0.25, 0.3) is 17.2 Å². The van der Waals surface area contributed by atoms with Crippen LogP contribution in [0.2, 0.25) is 0 Å². The van der Waals surface area contributed by atoms with Gasteiger partial charge in [-0.25, -0.2) is 4.98 Å². The van der Waals surface area contributed by atoms with E-state index in [4.69, 9.17) is 19.6 Å². The number of fused-ring (bicyclic) bond motifs is 1. The maximum Gasteiger partial charge on any atom is 0.272 e. The van der Waals surface area contributed by atoms with Crippen molar-refractivity contribution in [1.82, 2.24) is 25.0 Å². The Hall–Kier alpha value is -4.27. The van der Waals surface area contributed by atoms with Crippen molar-refractivity contribution < 1.29 is 14.3 Å². The summed E-state index contributed by atoms with van der Waals surface area (Å²) in [6.45, 7) is 6.59. The summed E-state index contributed by atoms with van der Waals surface area (Å²) < 4.78 is 13.0. The zero-order valence-corrected chi connectivity index (χ0v) is 20.8. The molecule has 0 aliphatic carbocycles. The van der Waals surface area contributed by atoms with Gasteiger partial charge in [0.25, 0.3) is 5.95 Å². The molecule has 0 bridgehead atoms. The topological polar surface area (TPSA) is 104 Å². The fraction of sp³-hybridized carbons (Fsp3) is 0.296. The predicted octanol–water partition coefficient (Wildman–Crippen LogP) is 4.61. The molecule has 36 heavy (non-hydrogen) atoms. The molecule has 5 rings (SSSR count). The first-order chi connectivity index (χ1) is 17.5. The van der Waals surface area contributed by atoms with Gasteiger partial charge < -0.3 is 14.8 Å². The Labute approximate surface area is 209 Å². The highest BCUT2D eigenvalue weighted by Gasteiger charge is 2.34. The van der Waals surface area contributed by atoms with Crippen LogP contribution in [0.3, 0.4) is 0 Å². The van der Waals surface area contributed by atoms with Gasteiger partial charge in [-0.05, 0) is 38.0 Å². The number of carbonyl (C=O) groups excluding carboxylic acids is 1. The normalized spacial score (nSPS) is 14.8. The third-order valence-corrected chi connectivity index (χ3v) is 6.24. The summed E-state index contributed by atoms with van der Waals surface area (Å²) in [7, 11) is 1.62. The number of hydrogen-bond acceptors (Lipinski definition) is 7. The maximum atomic E-state index is 12.8. The molecule has 2 aromatic carbocycles. The minimum absolute atomic E-state index is 0.108. The van der Waals surface area contributed by atoms with Crippen LogP contribution in [0.1, 0.15) is 48.1 Å². The number of methoxy groups -OCH3 is 1. The summed E-state index contributed by atoms with van der Waals surface area (Å²) in [5.74, 6) is 1.86. The molecule has 1 amide bonds. The van der Waals surface area contributed by atoms with E-state index in [0.29, 0.717) is 42.0 Å². The van der Waals surface area contributed by atoms with Crippen molar-refractivity contribution >= 4 is 11.7 Å². The van der Waals surface area contributed by atoms with Gasteiger partial charge in [0.2, 0.25) is 5.91 Å². The molecule has 0 radical (unpaired) electrons. The summed E-state index contributed by atoms with van der Waals surface area (Å²) in [4.78, 5) is 17.5. The van der Waals surface area contributed by atoms with E-state index in [-0.39, 0.29) is 11.8 Å². The Morgan fingerprint density at radius 2 is 1.92 bits per heavy atom. The molecule has 1 atom stereocenters. The second kappa shape index (κ2) is 9.77. The first kappa shape index (κ1) is 23.5. The standard InChI is InChI=1S/C27H28N6O3/c1-5-12-36-23-13-19(10-11-22(23)35-4)20-14-24(34)30-26-25(20)17(3)32-33(26)27-29-21(15-28-31-27)18-8-6-16(2)7-9-18/h6-11,13,15,20H,5,12,14H2,1-4H3,(H,30,34). The zero-order chi connectivity index (χ0) is 25.2. The first-order valence-corrected chi connectivity index (χ1v) is 12.0. The van der Waals surface area contributed by atoms with Gasteiger partial charge in [-0.15, -0.1) is 5.10 Å². The van der Waals surface area contributed by atoms with Gasteiger partial charge >= 0.3 is 0 Å². The SMILES string of the molecule is CCCOc1cc(C2CC(=O)Nc3c2c(C)nn3-c2nncc(-c3ccc(C)cc3)n2)ccc1OC. The van der Waals surface area contributed by atoms with E-state index < -0.39 is 0 Å². The Morgan fingerprint density at radius 1 is 1.11 bits per heavy atom. The van der Waals surface area contributed by atoms with E-state index in [0.717, 1.165) is 34.4 Å². The molecule has 4 aromatic rings. The molecule has 9 heteroatoms. The molecule has 1 aliphatic heterocycles. The summed E-state index contributed by atoms with van der Waals surface area (Å²) >= 11 is 0. The summed E-state index contributed by atoms with van der Waals surface area (Å²) in [5, 5.41) is 16.1. The molecule has 9 nitrogen and oxygen atoms in total. The molecule has 0 saturated heterocycles. The van der Waals surface area contributed by atoms with E-state index in [1.807, 2.05) is 56.3 Å². The fourth-order valence-electron chi connectivity index (χ4n) is 4.46. The minimum Gasteiger partial charge on any atom is -0.493 e. The number of benzene rings is 2. The molecule has 1 aliphatic rings. The number of rotatable bonds is 7. The number of amides is 1. The zero-order valence-electron chi connectivity index (χ0n) is 20.8. The molecule has 1 unspecified atom stereocenters. The van der Waals surface area contributed by atoms with Gasteiger partial charge in [-0.2, -0.15) is 14.9 Å². The largest absolute Gasteiger partial charge is 0.493 e. The lowest BCUT2D eigenvalue weighted by atomic mass is 9.85. The Morgan fingerprint density at radius 3 is 2.67 bits per heavy atom. The van der Waals surface area contributed by atoms with Crippen LogP contribution in [0.5, 0.6) is 11.5 Å². The molecule has 184 valence electrons. The average molecular weight is 485 g/mol. The van der Waals surface area contributed by atoms with Crippen LogP contribution in [0, 0.1) is 13.8 Å². The van der Waals surface area contributed by atoms with Crippen molar-refractivity contribution in [2.45, 2.75) is 39.5 Å². The van der Waals surface area contributed by atoms with Gasteiger partial charge in [0.15, 0.2) is 11.5 Å². The second-order valence-electron chi connectivity index (χ2n) is 8.83. The highest BCUT2D eigenvalue weighted by Crippen LogP contribution is 2.42. The number of nitrogens with zero attached hydrogens (tertiary/aromatic N) is 5. The van der Waals surface area contributed by atoms with Crippen molar-refractivity contribution in [3.05, 3.63) is 71.0 Å². The summed E-state index contributed by atoms with van der Waals surface area (Å²) in [6.07, 6.45) is 2.79. The van der Waals surface area contributed by atoms with Crippen molar-refractivity contribution in [1.29, 1.82) is 0 Å². The van der Waals surface area contributed by atoms with Gasteiger partial charge in [0.1, 0.15) is 5.82 Å². The number of ether oxygens (including phenoxy) is 2. The van der Waals surface area contributed by atoms with E-state index >= 15 is 0 Å². The lowest BCUT2D eigenvalue weighted by Crippen LogP contribution is -2.25. The number of aryl methyl sites for hydroxylation is 2. The van der Waals surface area contributed by atoms with E-state index in [2.05, 4.69) is 22.4 Å². The number of hydrogen-bond donors (Lipinski definition) is 1. The van der Waals surface area contributed by atoms with Crippen LogP contribution in [0.4, 0.5) is 5.82 Å². The van der Waals surface area contributed by atoms with Crippen molar-refractivity contribution in [2.24, 2.45) is 0 Å². The number of aromatic nitrogens is 5.